The number of nitrogens with one attached hydrogen (secondary N) is 2. The molecule has 0 saturated carbocycles. The van der Waals surface area contributed by atoms with Crippen LogP contribution in [0.25, 0.3) is 0 Å². The first-order chi connectivity index (χ1) is 17.1. The number of benzene rings is 3. The summed E-state index contributed by atoms with van der Waals surface area (Å²) in [6.07, 6.45) is 1.42. The highest BCUT2D eigenvalue weighted by Gasteiger charge is 2.26. The molecule has 2 heterocycles. The van der Waals surface area contributed by atoms with Crippen molar-refractivity contribution < 1.29 is 19.1 Å². The Morgan fingerprint density at radius 3 is 2.46 bits per heavy atom. The summed E-state index contributed by atoms with van der Waals surface area (Å²) in [4.78, 5) is 29.7. The molecule has 3 aromatic carbocycles. The van der Waals surface area contributed by atoms with Gasteiger partial charge in [0.2, 0.25) is 18.6 Å². The lowest BCUT2D eigenvalue weighted by Gasteiger charge is -2.30. The number of amides is 2. The van der Waals surface area contributed by atoms with Crippen LogP contribution in [0.5, 0.6) is 11.5 Å². The van der Waals surface area contributed by atoms with Gasteiger partial charge in [-0.15, -0.1) is 0 Å². The van der Waals surface area contributed by atoms with Crippen LogP contribution in [0.15, 0.2) is 82.6 Å². The summed E-state index contributed by atoms with van der Waals surface area (Å²) < 4.78 is 10.7. The lowest BCUT2D eigenvalue weighted by Crippen LogP contribution is -2.41. The summed E-state index contributed by atoms with van der Waals surface area (Å²) in [5.41, 5.74) is 1.51. The van der Waals surface area contributed by atoms with Gasteiger partial charge < -0.3 is 20.1 Å². The fraction of sp³-hybridized carbons (Fsp3) is 0.259. The fourth-order valence-electron chi connectivity index (χ4n) is 4.24. The van der Waals surface area contributed by atoms with Gasteiger partial charge in [0.25, 0.3) is 0 Å². The van der Waals surface area contributed by atoms with Crippen LogP contribution in [0, 0.1) is 5.92 Å². The lowest BCUT2D eigenvalue weighted by molar-refractivity contribution is -0.121. The highest BCUT2D eigenvalue weighted by molar-refractivity contribution is 7.99. The summed E-state index contributed by atoms with van der Waals surface area (Å²) in [7, 11) is 0. The minimum absolute atomic E-state index is 0.000157. The molecule has 1 fully saturated rings. The first-order valence-corrected chi connectivity index (χ1v) is 12.5. The highest BCUT2D eigenvalue weighted by Crippen LogP contribution is 2.35. The van der Waals surface area contributed by atoms with E-state index in [0.717, 1.165) is 15.5 Å². The molecule has 0 radical (unpaired) electrons. The van der Waals surface area contributed by atoms with Gasteiger partial charge >= 0.3 is 0 Å². The van der Waals surface area contributed by atoms with E-state index in [9.17, 15) is 9.59 Å². The predicted molar refractivity (Wildman–Crippen MR) is 136 cm³/mol. The Bertz CT molecular complexity index is 1200. The van der Waals surface area contributed by atoms with E-state index < -0.39 is 0 Å². The van der Waals surface area contributed by atoms with Crippen molar-refractivity contribution in [2.24, 2.45) is 5.92 Å². The molecule has 180 valence electrons. The fourth-order valence-corrected chi connectivity index (χ4v) is 5.16. The van der Waals surface area contributed by atoms with E-state index in [1.807, 2.05) is 48.5 Å². The molecule has 0 aliphatic carbocycles. The van der Waals surface area contributed by atoms with Crippen molar-refractivity contribution in [2.75, 3.05) is 37.1 Å². The zero-order chi connectivity index (χ0) is 24.0. The minimum Gasteiger partial charge on any atom is -0.454 e. The smallest absolute Gasteiger partial charge is 0.238 e. The summed E-state index contributed by atoms with van der Waals surface area (Å²) in [5, 5.41) is 6.04. The van der Waals surface area contributed by atoms with Gasteiger partial charge in [0.15, 0.2) is 11.5 Å². The SMILES string of the molecule is O=C(CN1CCC(C(=O)Nc2ccc3c(c2)OCO3)CC1)Nc1ccccc1Sc1ccccc1. The van der Waals surface area contributed by atoms with Gasteiger partial charge in [0, 0.05) is 27.5 Å². The molecular weight excluding hydrogens is 462 g/mol. The number of anilines is 2. The molecule has 8 heteroatoms. The van der Waals surface area contributed by atoms with E-state index in [0.29, 0.717) is 49.7 Å². The van der Waals surface area contributed by atoms with Crippen molar-refractivity contribution in [1.29, 1.82) is 0 Å². The highest BCUT2D eigenvalue weighted by atomic mass is 32.2. The Morgan fingerprint density at radius 2 is 1.63 bits per heavy atom. The molecule has 0 atom stereocenters. The Kier molecular flexibility index (Phi) is 7.20. The third kappa shape index (κ3) is 5.96. The van der Waals surface area contributed by atoms with Crippen LogP contribution >= 0.6 is 11.8 Å². The Labute approximate surface area is 208 Å². The van der Waals surface area contributed by atoms with Crippen molar-refractivity contribution >= 4 is 35.0 Å². The molecular formula is C27H27N3O4S. The number of piperidine rings is 1. The van der Waals surface area contributed by atoms with Crippen LogP contribution in [0.2, 0.25) is 0 Å². The van der Waals surface area contributed by atoms with E-state index in [1.165, 1.54) is 0 Å². The van der Waals surface area contributed by atoms with Crippen molar-refractivity contribution in [2.45, 2.75) is 22.6 Å². The normalized spacial score (nSPS) is 15.5. The molecule has 2 aliphatic heterocycles. The van der Waals surface area contributed by atoms with Crippen molar-refractivity contribution in [3.05, 3.63) is 72.8 Å². The molecule has 7 nitrogen and oxygen atoms in total. The molecule has 2 N–H and O–H groups in total. The molecule has 35 heavy (non-hydrogen) atoms. The van der Waals surface area contributed by atoms with E-state index in [1.54, 1.807) is 23.9 Å². The molecule has 2 amide bonds. The standard InChI is InChI=1S/C27H27N3O4S/c31-26(29-22-8-4-5-9-25(22)35-21-6-2-1-3-7-21)17-30-14-12-19(13-15-30)27(32)28-20-10-11-23-24(16-20)34-18-33-23/h1-11,16,19H,12-15,17-18H2,(H,28,32)(H,29,31). The third-order valence-corrected chi connectivity index (χ3v) is 7.18. The minimum atomic E-state index is -0.0808. The van der Waals surface area contributed by atoms with Gasteiger partial charge in [-0.25, -0.2) is 0 Å². The maximum absolute atomic E-state index is 12.8. The number of fused-ring (bicyclic) bond motifs is 1. The van der Waals surface area contributed by atoms with E-state index >= 15 is 0 Å². The molecule has 0 aromatic heterocycles. The van der Waals surface area contributed by atoms with Crippen LogP contribution in [-0.2, 0) is 9.59 Å². The molecule has 3 aromatic rings. The number of rotatable bonds is 7. The third-order valence-electron chi connectivity index (χ3n) is 6.10. The number of nitrogens with zero attached hydrogens (tertiary/aromatic N) is 1. The number of carbonyl (C=O) groups excluding carboxylic acids is 2. The zero-order valence-electron chi connectivity index (χ0n) is 19.2. The van der Waals surface area contributed by atoms with Gasteiger partial charge in [-0.2, -0.15) is 0 Å². The quantitative estimate of drug-likeness (QED) is 0.494. The number of carbonyl (C=O) groups is 2. The monoisotopic (exact) mass is 489 g/mol. The summed E-state index contributed by atoms with van der Waals surface area (Å²) in [6.45, 7) is 1.91. The first-order valence-electron chi connectivity index (χ1n) is 11.7. The number of hydrogen-bond donors (Lipinski definition) is 2. The van der Waals surface area contributed by atoms with E-state index in [4.69, 9.17) is 9.47 Å². The summed E-state index contributed by atoms with van der Waals surface area (Å²) in [6, 6.07) is 23.3. The molecule has 0 spiro atoms. The van der Waals surface area contributed by atoms with Gasteiger partial charge in [-0.1, -0.05) is 42.1 Å². The second-order valence-electron chi connectivity index (χ2n) is 8.57. The number of para-hydroxylation sites is 1. The number of ether oxygens (including phenoxy) is 2. The maximum Gasteiger partial charge on any atom is 0.238 e. The number of hydrogen-bond acceptors (Lipinski definition) is 6. The second kappa shape index (κ2) is 10.8. The van der Waals surface area contributed by atoms with Crippen LogP contribution < -0.4 is 20.1 Å². The number of likely N-dealkylation sites (tertiary alicyclic amines) is 1. The molecule has 0 unspecified atom stereocenters. The molecule has 0 bridgehead atoms. The van der Waals surface area contributed by atoms with Gasteiger partial charge in [-0.3, -0.25) is 14.5 Å². The van der Waals surface area contributed by atoms with Crippen LogP contribution in [-0.4, -0.2) is 43.1 Å². The first kappa shape index (κ1) is 23.3. The van der Waals surface area contributed by atoms with Crippen molar-refractivity contribution in [1.82, 2.24) is 4.90 Å². The van der Waals surface area contributed by atoms with Gasteiger partial charge in [0.1, 0.15) is 0 Å². The Balaban J connectivity index is 1.10. The zero-order valence-corrected chi connectivity index (χ0v) is 20.1. The van der Waals surface area contributed by atoms with Crippen molar-refractivity contribution in [3.63, 3.8) is 0 Å². The maximum atomic E-state index is 12.8. The van der Waals surface area contributed by atoms with Crippen LogP contribution in [0.4, 0.5) is 11.4 Å². The van der Waals surface area contributed by atoms with Gasteiger partial charge in [-0.05, 0) is 62.3 Å². The van der Waals surface area contributed by atoms with Gasteiger partial charge in [0.05, 0.1) is 12.2 Å². The largest absolute Gasteiger partial charge is 0.454 e. The summed E-state index contributed by atoms with van der Waals surface area (Å²) in [5.74, 6) is 1.21. The topological polar surface area (TPSA) is 79.9 Å². The molecule has 1 saturated heterocycles. The van der Waals surface area contributed by atoms with E-state index in [2.05, 4.69) is 27.7 Å². The molecule has 2 aliphatic rings. The second-order valence-corrected chi connectivity index (χ2v) is 9.68. The average molecular weight is 490 g/mol. The lowest BCUT2D eigenvalue weighted by atomic mass is 9.95. The average Bonchev–Trinajstić information content (AvgIpc) is 3.34. The Morgan fingerprint density at radius 1 is 0.886 bits per heavy atom. The summed E-state index contributed by atoms with van der Waals surface area (Å²) >= 11 is 1.63. The van der Waals surface area contributed by atoms with Crippen LogP contribution in [0.1, 0.15) is 12.8 Å². The Hall–Kier alpha value is -3.49. The predicted octanol–water partition coefficient (Wildman–Crippen LogP) is 4.86. The molecule has 5 rings (SSSR count). The van der Waals surface area contributed by atoms with Crippen molar-refractivity contribution in [3.8, 4) is 11.5 Å². The van der Waals surface area contributed by atoms with Crippen LogP contribution in [0.3, 0.4) is 0 Å². The van der Waals surface area contributed by atoms with E-state index in [-0.39, 0.29) is 24.5 Å².